The average Bonchev–Trinajstić information content (AvgIpc) is 2.20. The van der Waals surface area contributed by atoms with E-state index in [4.69, 9.17) is 11.6 Å². The van der Waals surface area contributed by atoms with Crippen LogP contribution in [0.2, 0.25) is 5.02 Å². The van der Waals surface area contributed by atoms with Gasteiger partial charge in [0.2, 0.25) is 0 Å². The van der Waals surface area contributed by atoms with Crippen LogP contribution in [0.3, 0.4) is 0 Å². The van der Waals surface area contributed by atoms with E-state index in [-0.39, 0.29) is 16.3 Å². The zero-order chi connectivity index (χ0) is 10.8. The highest BCUT2D eigenvalue weighted by molar-refractivity contribution is 6.30. The van der Waals surface area contributed by atoms with Crippen LogP contribution in [0.15, 0.2) is 35.4 Å². The molecule has 0 aliphatic heterocycles. The molecule has 1 N–H and O–H groups in total. The lowest BCUT2D eigenvalue weighted by molar-refractivity contribution is 0.630. The van der Waals surface area contributed by atoms with Crippen molar-refractivity contribution in [1.29, 1.82) is 0 Å². The highest BCUT2D eigenvalue weighted by Crippen LogP contribution is 2.20. The second-order valence-electron chi connectivity index (χ2n) is 2.89. The van der Waals surface area contributed by atoms with E-state index >= 15 is 0 Å². The van der Waals surface area contributed by atoms with Gasteiger partial charge in [0.05, 0.1) is 0 Å². The molecule has 0 bridgehead atoms. The normalized spacial score (nSPS) is 10.3. The van der Waals surface area contributed by atoms with Gasteiger partial charge in [-0.05, 0) is 18.2 Å². The molecule has 0 aliphatic rings. The van der Waals surface area contributed by atoms with Crippen LogP contribution < -0.4 is 5.56 Å². The molecule has 0 fully saturated rings. The van der Waals surface area contributed by atoms with Gasteiger partial charge in [-0.25, -0.2) is 9.37 Å². The summed E-state index contributed by atoms with van der Waals surface area (Å²) < 4.78 is 13.4. The molecule has 0 amide bonds. The van der Waals surface area contributed by atoms with Gasteiger partial charge in [0.15, 0.2) is 0 Å². The second kappa shape index (κ2) is 3.82. The molecule has 1 heterocycles. The monoisotopic (exact) mass is 224 g/mol. The van der Waals surface area contributed by atoms with Crippen LogP contribution in [0, 0.1) is 5.82 Å². The largest absolute Gasteiger partial charge is 0.326 e. The van der Waals surface area contributed by atoms with Crippen molar-refractivity contribution in [2.24, 2.45) is 0 Å². The van der Waals surface area contributed by atoms with Gasteiger partial charge >= 0.3 is 0 Å². The molecule has 2 aromatic rings. The van der Waals surface area contributed by atoms with Crippen LogP contribution in [0.25, 0.3) is 11.3 Å². The molecule has 0 saturated carbocycles. The third-order valence-corrected chi connectivity index (χ3v) is 2.13. The molecule has 0 spiro atoms. The summed E-state index contributed by atoms with van der Waals surface area (Å²) in [6.45, 7) is 0. The molecule has 0 saturated heterocycles. The van der Waals surface area contributed by atoms with Crippen molar-refractivity contribution in [3.8, 4) is 11.3 Å². The number of aromatic nitrogens is 2. The van der Waals surface area contributed by atoms with Crippen molar-refractivity contribution < 1.29 is 4.39 Å². The minimum atomic E-state index is -0.563. The molecular weight excluding hydrogens is 219 g/mol. The molecule has 0 atom stereocenters. The zero-order valence-electron chi connectivity index (χ0n) is 7.50. The lowest BCUT2D eigenvalue weighted by Crippen LogP contribution is -2.10. The van der Waals surface area contributed by atoms with Crippen LogP contribution in [0.5, 0.6) is 0 Å². The van der Waals surface area contributed by atoms with E-state index in [1.807, 2.05) is 0 Å². The summed E-state index contributed by atoms with van der Waals surface area (Å²) >= 11 is 5.60. The van der Waals surface area contributed by atoms with Crippen LogP contribution in [0.1, 0.15) is 0 Å². The van der Waals surface area contributed by atoms with Gasteiger partial charge in [0.1, 0.15) is 11.5 Å². The first-order valence-corrected chi connectivity index (χ1v) is 4.55. The lowest BCUT2D eigenvalue weighted by atomic mass is 10.1. The molecule has 76 valence electrons. The standard InChI is InChI=1S/C10H6ClFN2O/c11-6-1-2-7(8(12)5-6)9-10(15)14-4-3-13-9/h1-5H,(H,14,15). The number of benzene rings is 1. The Hall–Kier alpha value is -1.68. The van der Waals surface area contributed by atoms with Crippen LogP contribution in [-0.2, 0) is 0 Å². The van der Waals surface area contributed by atoms with Crippen molar-refractivity contribution in [2.75, 3.05) is 0 Å². The Labute approximate surface area is 89.6 Å². The van der Waals surface area contributed by atoms with E-state index in [2.05, 4.69) is 9.97 Å². The fraction of sp³-hybridized carbons (Fsp3) is 0. The SMILES string of the molecule is O=c1[nH]ccnc1-c1ccc(Cl)cc1F. The molecule has 3 nitrogen and oxygen atoms in total. The van der Waals surface area contributed by atoms with Crippen molar-refractivity contribution in [3.05, 3.63) is 51.8 Å². The molecule has 1 aromatic heterocycles. The molecular formula is C10H6ClFN2O. The number of hydrogen-bond donors (Lipinski definition) is 1. The minimum Gasteiger partial charge on any atom is -0.326 e. The predicted octanol–water partition coefficient (Wildman–Crippen LogP) is 2.23. The number of halogens is 2. The average molecular weight is 225 g/mol. The van der Waals surface area contributed by atoms with E-state index in [9.17, 15) is 9.18 Å². The molecule has 0 aliphatic carbocycles. The van der Waals surface area contributed by atoms with Crippen LogP contribution >= 0.6 is 11.6 Å². The summed E-state index contributed by atoms with van der Waals surface area (Å²) in [6, 6.07) is 4.08. The summed E-state index contributed by atoms with van der Waals surface area (Å²) in [4.78, 5) is 17.6. The first-order valence-electron chi connectivity index (χ1n) is 4.17. The van der Waals surface area contributed by atoms with E-state index in [0.29, 0.717) is 0 Å². The summed E-state index contributed by atoms with van der Waals surface area (Å²) in [7, 11) is 0. The highest BCUT2D eigenvalue weighted by Gasteiger charge is 2.09. The van der Waals surface area contributed by atoms with Gasteiger partial charge in [-0.15, -0.1) is 0 Å². The first-order chi connectivity index (χ1) is 7.18. The number of H-pyrrole nitrogens is 1. The molecule has 2 rings (SSSR count). The summed E-state index contributed by atoms with van der Waals surface area (Å²) in [5.41, 5.74) is -0.244. The Balaban J connectivity index is 2.65. The topological polar surface area (TPSA) is 45.8 Å². The van der Waals surface area contributed by atoms with E-state index in [1.54, 1.807) is 0 Å². The number of nitrogens with zero attached hydrogens (tertiary/aromatic N) is 1. The maximum absolute atomic E-state index is 13.4. The summed E-state index contributed by atoms with van der Waals surface area (Å²) in [6.07, 6.45) is 2.78. The lowest BCUT2D eigenvalue weighted by Gasteiger charge is -2.00. The molecule has 0 unspecified atom stereocenters. The van der Waals surface area contributed by atoms with Crippen molar-refractivity contribution in [1.82, 2.24) is 9.97 Å². The minimum absolute atomic E-state index is 0.0478. The number of rotatable bonds is 1. The number of nitrogens with one attached hydrogen (secondary N) is 1. The smallest absolute Gasteiger partial charge is 0.274 e. The molecule has 0 radical (unpaired) electrons. The molecule has 5 heteroatoms. The third-order valence-electron chi connectivity index (χ3n) is 1.89. The Morgan fingerprint density at radius 2 is 2.20 bits per heavy atom. The van der Waals surface area contributed by atoms with Gasteiger partial charge in [-0.1, -0.05) is 11.6 Å². The van der Waals surface area contributed by atoms with E-state index < -0.39 is 11.4 Å². The second-order valence-corrected chi connectivity index (χ2v) is 3.33. The Morgan fingerprint density at radius 3 is 2.87 bits per heavy atom. The summed E-state index contributed by atoms with van der Waals surface area (Å²) in [5.74, 6) is -0.563. The van der Waals surface area contributed by atoms with Gasteiger partial charge in [-0.2, -0.15) is 0 Å². The van der Waals surface area contributed by atoms with Crippen LogP contribution in [-0.4, -0.2) is 9.97 Å². The quantitative estimate of drug-likeness (QED) is 0.808. The molecule has 1 aromatic carbocycles. The first kappa shape index (κ1) is 9.86. The van der Waals surface area contributed by atoms with E-state index in [0.717, 1.165) is 6.07 Å². The molecule has 15 heavy (non-hydrogen) atoms. The highest BCUT2D eigenvalue weighted by atomic mass is 35.5. The van der Waals surface area contributed by atoms with Gasteiger partial charge in [0.25, 0.3) is 5.56 Å². The van der Waals surface area contributed by atoms with E-state index in [1.165, 1.54) is 24.5 Å². The zero-order valence-corrected chi connectivity index (χ0v) is 8.25. The summed E-state index contributed by atoms with van der Waals surface area (Å²) in [5, 5.41) is 0.281. The maximum atomic E-state index is 13.4. The fourth-order valence-electron chi connectivity index (χ4n) is 1.23. The number of aromatic amines is 1. The Morgan fingerprint density at radius 1 is 1.40 bits per heavy atom. The Bertz CT molecular complexity index is 553. The maximum Gasteiger partial charge on any atom is 0.274 e. The van der Waals surface area contributed by atoms with Crippen molar-refractivity contribution >= 4 is 11.6 Å². The number of hydrogen-bond acceptors (Lipinski definition) is 2. The van der Waals surface area contributed by atoms with Gasteiger partial charge in [-0.3, -0.25) is 4.79 Å². The Kier molecular flexibility index (Phi) is 2.51. The fourth-order valence-corrected chi connectivity index (χ4v) is 1.38. The van der Waals surface area contributed by atoms with Crippen molar-refractivity contribution in [2.45, 2.75) is 0 Å². The van der Waals surface area contributed by atoms with Crippen LogP contribution in [0.4, 0.5) is 4.39 Å². The van der Waals surface area contributed by atoms with Gasteiger partial charge < -0.3 is 4.98 Å². The van der Waals surface area contributed by atoms with Crippen molar-refractivity contribution in [3.63, 3.8) is 0 Å². The third kappa shape index (κ3) is 1.89. The van der Waals surface area contributed by atoms with Gasteiger partial charge in [0, 0.05) is 23.0 Å². The predicted molar refractivity (Wildman–Crippen MR) is 55.3 cm³/mol.